The lowest BCUT2D eigenvalue weighted by Gasteiger charge is -2.04. The van der Waals surface area contributed by atoms with Crippen molar-refractivity contribution in [2.75, 3.05) is 6.61 Å². The largest absolute Gasteiger partial charge is 0.508 e. The van der Waals surface area contributed by atoms with Crippen molar-refractivity contribution in [2.24, 2.45) is 0 Å². The third-order valence-corrected chi connectivity index (χ3v) is 3.79. The monoisotopic (exact) mass is 292 g/mol. The Morgan fingerprint density at radius 2 is 1.52 bits per heavy atom. The average Bonchev–Trinajstić information content (AvgIpc) is 3.27. The van der Waals surface area contributed by atoms with Gasteiger partial charge in [-0.2, -0.15) is 0 Å². The molecule has 0 spiro atoms. The average molecular weight is 292 g/mol. The van der Waals surface area contributed by atoms with Gasteiger partial charge in [0, 0.05) is 0 Å². The van der Waals surface area contributed by atoms with Crippen LogP contribution >= 0.6 is 0 Å². The highest BCUT2D eigenvalue weighted by molar-refractivity contribution is 5.31. The molecular formula is C19H32O2. The number of para-hydroxylation sites is 1. The third-order valence-electron chi connectivity index (χ3n) is 3.79. The van der Waals surface area contributed by atoms with E-state index in [-0.39, 0.29) is 0 Å². The number of rotatable bonds is 9. The minimum Gasteiger partial charge on any atom is -0.508 e. The van der Waals surface area contributed by atoms with Crippen LogP contribution in [0, 0.1) is 0 Å². The number of aryl methyl sites for hydroxylation is 1. The second-order valence-corrected chi connectivity index (χ2v) is 6.00. The summed E-state index contributed by atoms with van der Waals surface area (Å²) in [6.45, 7) is 5.30. The summed E-state index contributed by atoms with van der Waals surface area (Å²) in [6.07, 6.45) is 12.3. The molecular weight excluding hydrogens is 260 g/mol. The zero-order valence-electron chi connectivity index (χ0n) is 13.8. The van der Waals surface area contributed by atoms with Crippen LogP contribution in [0.1, 0.15) is 70.8 Å². The molecule has 1 heterocycles. The molecule has 0 aromatic heterocycles. The van der Waals surface area contributed by atoms with Crippen molar-refractivity contribution in [1.29, 1.82) is 0 Å². The summed E-state index contributed by atoms with van der Waals surface area (Å²) in [5.74, 6) is 0.454. The predicted molar refractivity (Wildman–Crippen MR) is 89.8 cm³/mol. The SMILES string of the molecule is CC1CO1.CCCCCCCCCCc1ccccc1O. The first kappa shape index (κ1) is 18.0. The molecule has 1 unspecified atom stereocenters. The molecule has 2 heteroatoms. The second kappa shape index (κ2) is 11.6. The summed E-state index contributed by atoms with van der Waals surface area (Å²) in [5.41, 5.74) is 1.10. The van der Waals surface area contributed by atoms with E-state index in [2.05, 4.69) is 13.8 Å². The number of hydrogen-bond donors (Lipinski definition) is 1. The Hall–Kier alpha value is -1.02. The Morgan fingerprint density at radius 3 is 2.05 bits per heavy atom. The molecule has 1 aromatic carbocycles. The highest BCUT2D eigenvalue weighted by atomic mass is 16.6. The number of ether oxygens (including phenoxy) is 1. The first-order valence-electron chi connectivity index (χ1n) is 8.62. The maximum Gasteiger partial charge on any atom is 0.118 e. The van der Waals surface area contributed by atoms with Crippen LogP contribution in [-0.2, 0) is 11.2 Å². The standard InChI is InChI=1S/C16H26O.C3H6O/c1-2-3-4-5-6-7-8-9-12-15-13-10-11-14-16(15)17;1-3-2-4-3/h10-11,13-14,17H,2-9,12H2,1H3;3H,2H2,1H3. The van der Waals surface area contributed by atoms with E-state index in [0.717, 1.165) is 18.6 Å². The fraction of sp³-hybridized carbons (Fsp3) is 0.684. The van der Waals surface area contributed by atoms with E-state index in [9.17, 15) is 5.11 Å². The molecule has 1 N–H and O–H groups in total. The molecule has 1 aromatic rings. The minimum atomic E-state index is 0.454. The quantitative estimate of drug-likeness (QED) is 0.483. The maximum atomic E-state index is 9.61. The predicted octanol–water partition coefficient (Wildman–Crippen LogP) is 5.48. The molecule has 0 bridgehead atoms. The van der Waals surface area contributed by atoms with Crippen LogP contribution in [0.15, 0.2) is 24.3 Å². The molecule has 0 aliphatic carbocycles. The lowest BCUT2D eigenvalue weighted by atomic mass is 10.0. The Morgan fingerprint density at radius 1 is 1.00 bits per heavy atom. The van der Waals surface area contributed by atoms with Crippen LogP contribution in [0.25, 0.3) is 0 Å². The van der Waals surface area contributed by atoms with Gasteiger partial charge in [0.25, 0.3) is 0 Å². The third kappa shape index (κ3) is 10.4. The Balaban J connectivity index is 0.000000471. The van der Waals surface area contributed by atoms with Gasteiger partial charge >= 0.3 is 0 Å². The summed E-state index contributed by atoms with van der Waals surface area (Å²) >= 11 is 0. The van der Waals surface area contributed by atoms with Gasteiger partial charge in [0.1, 0.15) is 5.75 Å². The molecule has 2 rings (SSSR count). The molecule has 1 saturated heterocycles. The van der Waals surface area contributed by atoms with Crippen molar-refractivity contribution in [2.45, 2.75) is 77.7 Å². The maximum absolute atomic E-state index is 9.61. The molecule has 21 heavy (non-hydrogen) atoms. The summed E-state index contributed by atoms with van der Waals surface area (Å²) in [6, 6.07) is 7.68. The van der Waals surface area contributed by atoms with E-state index in [0.29, 0.717) is 11.9 Å². The van der Waals surface area contributed by atoms with Crippen LogP contribution in [-0.4, -0.2) is 17.8 Å². The zero-order valence-corrected chi connectivity index (χ0v) is 13.8. The number of hydrogen-bond acceptors (Lipinski definition) is 2. The van der Waals surface area contributed by atoms with E-state index in [4.69, 9.17) is 4.74 Å². The van der Waals surface area contributed by atoms with Gasteiger partial charge in [-0.15, -0.1) is 0 Å². The topological polar surface area (TPSA) is 32.8 Å². The van der Waals surface area contributed by atoms with Crippen molar-refractivity contribution in [3.8, 4) is 5.75 Å². The first-order chi connectivity index (χ1) is 10.2. The summed E-state index contributed by atoms with van der Waals surface area (Å²) < 4.78 is 4.71. The van der Waals surface area contributed by atoms with Gasteiger partial charge in [0.2, 0.25) is 0 Å². The Labute approximate surface area is 130 Å². The van der Waals surface area contributed by atoms with Crippen molar-refractivity contribution in [3.63, 3.8) is 0 Å². The molecule has 1 atom stereocenters. The Kier molecular flexibility index (Phi) is 9.98. The van der Waals surface area contributed by atoms with Gasteiger partial charge in [-0.05, 0) is 31.4 Å². The molecule has 0 amide bonds. The van der Waals surface area contributed by atoms with Crippen LogP contribution in [0.2, 0.25) is 0 Å². The highest BCUT2D eigenvalue weighted by Gasteiger charge is 2.13. The van der Waals surface area contributed by atoms with Crippen LogP contribution in [0.4, 0.5) is 0 Å². The van der Waals surface area contributed by atoms with E-state index in [1.807, 2.05) is 18.2 Å². The van der Waals surface area contributed by atoms with E-state index >= 15 is 0 Å². The Bertz CT molecular complexity index is 358. The van der Waals surface area contributed by atoms with Crippen molar-refractivity contribution < 1.29 is 9.84 Å². The van der Waals surface area contributed by atoms with E-state index < -0.39 is 0 Å². The van der Waals surface area contributed by atoms with Crippen molar-refractivity contribution in [3.05, 3.63) is 29.8 Å². The second-order valence-electron chi connectivity index (χ2n) is 6.00. The molecule has 1 aliphatic rings. The van der Waals surface area contributed by atoms with E-state index in [1.54, 1.807) is 6.07 Å². The van der Waals surface area contributed by atoms with E-state index in [1.165, 1.54) is 51.4 Å². The fourth-order valence-corrected chi connectivity index (χ4v) is 2.27. The summed E-state index contributed by atoms with van der Waals surface area (Å²) in [5, 5.41) is 9.61. The van der Waals surface area contributed by atoms with Gasteiger partial charge < -0.3 is 9.84 Å². The van der Waals surface area contributed by atoms with Crippen LogP contribution < -0.4 is 0 Å². The van der Waals surface area contributed by atoms with Gasteiger partial charge in [-0.25, -0.2) is 0 Å². The van der Waals surface area contributed by atoms with Gasteiger partial charge in [0.05, 0.1) is 12.7 Å². The lowest BCUT2D eigenvalue weighted by molar-refractivity contribution is 0.423. The number of epoxide rings is 1. The highest BCUT2D eigenvalue weighted by Crippen LogP contribution is 2.18. The minimum absolute atomic E-state index is 0.454. The summed E-state index contributed by atoms with van der Waals surface area (Å²) in [4.78, 5) is 0. The number of phenolic OH excluding ortho intramolecular Hbond substituents is 1. The fourth-order valence-electron chi connectivity index (χ4n) is 2.27. The number of unbranched alkanes of at least 4 members (excludes halogenated alkanes) is 7. The molecule has 1 fully saturated rings. The summed E-state index contributed by atoms with van der Waals surface area (Å²) in [7, 11) is 0. The van der Waals surface area contributed by atoms with Gasteiger partial charge in [0.15, 0.2) is 0 Å². The number of phenols is 1. The van der Waals surface area contributed by atoms with Gasteiger partial charge in [-0.3, -0.25) is 0 Å². The molecule has 0 saturated carbocycles. The molecule has 0 radical (unpaired) electrons. The molecule has 120 valence electrons. The van der Waals surface area contributed by atoms with Gasteiger partial charge in [-0.1, -0.05) is 70.1 Å². The smallest absolute Gasteiger partial charge is 0.118 e. The number of benzene rings is 1. The first-order valence-corrected chi connectivity index (χ1v) is 8.62. The zero-order chi connectivity index (χ0) is 15.3. The molecule has 2 nitrogen and oxygen atoms in total. The van der Waals surface area contributed by atoms with Crippen molar-refractivity contribution >= 4 is 0 Å². The van der Waals surface area contributed by atoms with Crippen molar-refractivity contribution in [1.82, 2.24) is 0 Å². The van der Waals surface area contributed by atoms with Crippen LogP contribution in [0.5, 0.6) is 5.75 Å². The van der Waals surface area contributed by atoms with Crippen LogP contribution in [0.3, 0.4) is 0 Å². The number of aromatic hydroxyl groups is 1. The normalized spacial score (nSPS) is 16.2. The molecule has 1 aliphatic heterocycles. The lowest BCUT2D eigenvalue weighted by Crippen LogP contribution is -1.87.